The fraction of sp³-hybridized carbons (Fsp3) is 0.357. The zero-order chi connectivity index (χ0) is 16.7. The predicted molar refractivity (Wildman–Crippen MR) is 70.6 cm³/mol. The first kappa shape index (κ1) is 17.5. The van der Waals surface area contributed by atoms with Crippen LogP contribution in [-0.2, 0) is 30.3 Å². The van der Waals surface area contributed by atoms with Crippen molar-refractivity contribution in [3.8, 4) is 0 Å². The third-order valence-electron chi connectivity index (χ3n) is 2.79. The quantitative estimate of drug-likeness (QED) is 0.783. The fourth-order valence-corrected chi connectivity index (χ4v) is 1.67. The monoisotopic (exact) mass is 315 g/mol. The van der Waals surface area contributed by atoms with Crippen molar-refractivity contribution in [1.29, 1.82) is 0 Å². The van der Waals surface area contributed by atoms with Crippen LogP contribution in [0, 0.1) is 11.6 Å². The van der Waals surface area contributed by atoms with Crippen molar-refractivity contribution in [3.63, 3.8) is 0 Å². The van der Waals surface area contributed by atoms with Crippen LogP contribution < -0.4 is 5.32 Å². The van der Waals surface area contributed by atoms with Gasteiger partial charge >= 0.3 is 11.9 Å². The summed E-state index contributed by atoms with van der Waals surface area (Å²) in [6, 6.07) is 1.54. The minimum atomic E-state index is -1.24. The number of halogens is 2. The van der Waals surface area contributed by atoms with Gasteiger partial charge in [-0.1, -0.05) is 6.07 Å². The molecule has 0 spiro atoms. The van der Waals surface area contributed by atoms with Crippen LogP contribution >= 0.6 is 0 Å². The van der Waals surface area contributed by atoms with Gasteiger partial charge in [-0.3, -0.25) is 9.59 Å². The Balaban J connectivity index is 2.74. The first-order chi connectivity index (χ1) is 10.4. The second-order valence-electron chi connectivity index (χ2n) is 4.34. The Bertz CT molecular complexity index is 576. The van der Waals surface area contributed by atoms with Crippen LogP contribution in [0.25, 0.3) is 0 Å². The van der Waals surface area contributed by atoms with Gasteiger partial charge < -0.3 is 14.8 Å². The second-order valence-corrected chi connectivity index (χ2v) is 4.34. The van der Waals surface area contributed by atoms with Gasteiger partial charge in [0.1, 0.15) is 17.7 Å². The molecule has 0 aromatic heterocycles. The van der Waals surface area contributed by atoms with Gasteiger partial charge in [0.2, 0.25) is 5.91 Å². The Labute approximate surface area is 125 Å². The lowest BCUT2D eigenvalue weighted by Gasteiger charge is -2.15. The van der Waals surface area contributed by atoms with Crippen LogP contribution in [0.3, 0.4) is 0 Å². The molecule has 0 fully saturated rings. The summed E-state index contributed by atoms with van der Waals surface area (Å²) < 4.78 is 35.1. The Morgan fingerprint density at radius 2 is 1.86 bits per heavy atom. The molecule has 0 aliphatic heterocycles. The van der Waals surface area contributed by atoms with Gasteiger partial charge in [0.05, 0.1) is 27.1 Å². The van der Waals surface area contributed by atoms with E-state index in [-0.39, 0.29) is 5.56 Å². The molecule has 0 bridgehead atoms. The minimum absolute atomic E-state index is 0.0411. The summed E-state index contributed by atoms with van der Waals surface area (Å²) in [5.41, 5.74) is -0.0411. The van der Waals surface area contributed by atoms with E-state index in [0.717, 1.165) is 26.4 Å². The fourth-order valence-electron chi connectivity index (χ4n) is 1.67. The summed E-state index contributed by atoms with van der Waals surface area (Å²) in [6.45, 7) is 0. The van der Waals surface area contributed by atoms with Crippen molar-refractivity contribution in [3.05, 3.63) is 35.4 Å². The Kier molecular flexibility index (Phi) is 6.43. The van der Waals surface area contributed by atoms with Crippen molar-refractivity contribution in [2.75, 3.05) is 14.2 Å². The Morgan fingerprint density at radius 1 is 1.18 bits per heavy atom. The topological polar surface area (TPSA) is 81.7 Å². The average molecular weight is 315 g/mol. The van der Waals surface area contributed by atoms with E-state index in [0.29, 0.717) is 6.07 Å². The summed E-state index contributed by atoms with van der Waals surface area (Å²) >= 11 is 0. The normalized spacial score (nSPS) is 11.5. The van der Waals surface area contributed by atoms with Gasteiger partial charge in [-0.15, -0.1) is 0 Å². The summed E-state index contributed by atoms with van der Waals surface area (Å²) in [5.74, 6) is -3.91. The van der Waals surface area contributed by atoms with Crippen molar-refractivity contribution in [2.45, 2.75) is 18.9 Å². The van der Waals surface area contributed by atoms with Crippen LogP contribution in [-0.4, -0.2) is 38.1 Å². The zero-order valence-electron chi connectivity index (χ0n) is 12.0. The van der Waals surface area contributed by atoms with Gasteiger partial charge in [-0.25, -0.2) is 13.6 Å². The molecule has 120 valence electrons. The molecule has 0 unspecified atom stereocenters. The second kappa shape index (κ2) is 8.06. The highest BCUT2D eigenvalue weighted by molar-refractivity contribution is 5.88. The number of amides is 1. The molecule has 1 aromatic carbocycles. The lowest BCUT2D eigenvalue weighted by atomic mass is 10.1. The van der Waals surface area contributed by atoms with Gasteiger partial charge in [-0.05, 0) is 11.6 Å². The SMILES string of the molecule is COC(=O)C[C@@H](NC(=O)Cc1ccc(F)cc1F)C(=O)OC. The van der Waals surface area contributed by atoms with Crippen LogP contribution in [0.1, 0.15) is 12.0 Å². The number of benzene rings is 1. The molecular weight excluding hydrogens is 300 g/mol. The number of methoxy groups -OCH3 is 2. The zero-order valence-corrected chi connectivity index (χ0v) is 12.0. The summed E-state index contributed by atoms with van der Waals surface area (Å²) in [4.78, 5) is 34.5. The molecule has 1 N–H and O–H groups in total. The van der Waals surface area contributed by atoms with E-state index >= 15 is 0 Å². The molecule has 22 heavy (non-hydrogen) atoms. The van der Waals surface area contributed by atoms with Gasteiger partial charge in [0.15, 0.2) is 0 Å². The molecule has 1 aromatic rings. The van der Waals surface area contributed by atoms with E-state index in [4.69, 9.17) is 0 Å². The highest BCUT2D eigenvalue weighted by Crippen LogP contribution is 2.10. The van der Waals surface area contributed by atoms with E-state index in [9.17, 15) is 23.2 Å². The molecule has 1 amide bonds. The number of carbonyl (C=O) groups is 3. The standard InChI is InChI=1S/C14H15F2NO5/c1-21-13(19)7-11(14(20)22-2)17-12(18)5-8-3-4-9(15)6-10(8)16/h3-4,6,11H,5,7H2,1-2H3,(H,17,18)/t11-/m1/s1. The van der Waals surface area contributed by atoms with E-state index in [2.05, 4.69) is 14.8 Å². The van der Waals surface area contributed by atoms with Crippen molar-refractivity contribution in [1.82, 2.24) is 5.32 Å². The summed E-state index contributed by atoms with van der Waals surface area (Å²) in [5, 5.41) is 2.25. The molecule has 0 saturated heterocycles. The van der Waals surface area contributed by atoms with E-state index in [1.54, 1.807) is 0 Å². The van der Waals surface area contributed by atoms with Crippen molar-refractivity contribution in [2.24, 2.45) is 0 Å². The van der Waals surface area contributed by atoms with Crippen molar-refractivity contribution < 1.29 is 32.6 Å². The molecule has 0 aliphatic rings. The molecule has 0 radical (unpaired) electrons. The highest BCUT2D eigenvalue weighted by Gasteiger charge is 2.25. The molecular formula is C14H15F2NO5. The maximum absolute atomic E-state index is 13.5. The first-order valence-electron chi connectivity index (χ1n) is 6.25. The molecule has 1 rings (SSSR count). The van der Waals surface area contributed by atoms with Gasteiger partial charge in [-0.2, -0.15) is 0 Å². The average Bonchev–Trinajstić information content (AvgIpc) is 2.48. The van der Waals surface area contributed by atoms with Crippen LogP contribution in [0.2, 0.25) is 0 Å². The van der Waals surface area contributed by atoms with E-state index in [1.807, 2.05) is 0 Å². The third kappa shape index (κ3) is 5.12. The lowest BCUT2D eigenvalue weighted by molar-refractivity contribution is -0.150. The smallest absolute Gasteiger partial charge is 0.328 e. The number of rotatable bonds is 6. The molecule has 0 heterocycles. The molecule has 1 atom stereocenters. The molecule has 6 nitrogen and oxygen atoms in total. The molecule has 0 aliphatic carbocycles. The van der Waals surface area contributed by atoms with Crippen LogP contribution in [0.5, 0.6) is 0 Å². The predicted octanol–water partition coefficient (Wildman–Crippen LogP) is 0.728. The number of nitrogens with one attached hydrogen (secondary N) is 1. The number of esters is 2. The number of hydrogen-bond acceptors (Lipinski definition) is 5. The minimum Gasteiger partial charge on any atom is -0.469 e. The largest absolute Gasteiger partial charge is 0.469 e. The summed E-state index contributed by atoms with van der Waals surface area (Å²) in [7, 11) is 2.23. The van der Waals surface area contributed by atoms with Gasteiger partial charge in [0, 0.05) is 6.07 Å². The number of carbonyl (C=O) groups excluding carboxylic acids is 3. The van der Waals surface area contributed by atoms with E-state index < -0.39 is 48.4 Å². The van der Waals surface area contributed by atoms with Crippen LogP contribution in [0.4, 0.5) is 8.78 Å². The maximum atomic E-state index is 13.5. The number of hydrogen-bond donors (Lipinski definition) is 1. The van der Waals surface area contributed by atoms with Crippen LogP contribution in [0.15, 0.2) is 18.2 Å². The first-order valence-corrected chi connectivity index (χ1v) is 6.25. The lowest BCUT2D eigenvalue weighted by Crippen LogP contribution is -2.43. The van der Waals surface area contributed by atoms with E-state index in [1.165, 1.54) is 0 Å². The Morgan fingerprint density at radius 3 is 2.41 bits per heavy atom. The summed E-state index contributed by atoms with van der Waals surface area (Å²) in [6.07, 6.45) is -0.832. The molecule has 0 saturated carbocycles. The molecule has 8 heteroatoms. The third-order valence-corrected chi connectivity index (χ3v) is 2.79. The Hall–Kier alpha value is -2.51. The van der Waals surface area contributed by atoms with Crippen molar-refractivity contribution >= 4 is 17.8 Å². The number of ether oxygens (including phenoxy) is 2. The highest BCUT2D eigenvalue weighted by atomic mass is 19.1. The van der Waals surface area contributed by atoms with Gasteiger partial charge in [0.25, 0.3) is 0 Å². The maximum Gasteiger partial charge on any atom is 0.328 e.